The van der Waals surface area contributed by atoms with Crippen molar-refractivity contribution in [2.24, 2.45) is 5.92 Å². The lowest BCUT2D eigenvalue weighted by Gasteiger charge is -2.38. The van der Waals surface area contributed by atoms with Crippen LogP contribution in [0.4, 0.5) is 0 Å². The lowest BCUT2D eigenvalue weighted by atomic mass is 9.90. The first-order valence-corrected chi connectivity index (χ1v) is 14.3. The van der Waals surface area contributed by atoms with Gasteiger partial charge in [0.25, 0.3) is 0 Å². The van der Waals surface area contributed by atoms with Gasteiger partial charge in [-0.05, 0) is 59.0 Å². The van der Waals surface area contributed by atoms with Gasteiger partial charge in [0.05, 0.1) is 12.6 Å². The molecule has 0 saturated heterocycles. The Hall–Kier alpha value is -2.74. The molecule has 0 fully saturated rings. The highest BCUT2D eigenvalue weighted by Crippen LogP contribution is 2.39. The van der Waals surface area contributed by atoms with E-state index >= 15 is 0 Å². The molecule has 0 spiro atoms. The van der Waals surface area contributed by atoms with Crippen molar-refractivity contribution >= 4 is 33.3 Å². The van der Waals surface area contributed by atoms with Crippen LogP contribution in [0.2, 0.25) is 0 Å². The molecule has 4 rings (SSSR count). The summed E-state index contributed by atoms with van der Waals surface area (Å²) >= 11 is 1.72. The number of fused-ring (bicyclic) bond motifs is 1. The van der Waals surface area contributed by atoms with Gasteiger partial charge in [-0.2, -0.15) is 4.31 Å². The number of nitrogens with zero attached hydrogens (tertiary/aromatic N) is 2. The van der Waals surface area contributed by atoms with E-state index in [0.717, 1.165) is 28.7 Å². The van der Waals surface area contributed by atoms with Crippen molar-refractivity contribution in [3.8, 4) is 0 Å². The van der Waals surface area contributed by atoms with Crippen LogP contribution in [-0.2, 0) is 21.2 Å². The summed E-state index contributed by atoms with van der Waals surface area (Å²) in [6, 6.07) is 19.3. The second-order valence-electron chi connectivity index (χ2n) is 9.34. The zero-order valence-electron chi connectivity index (χ0n) is 20.4. The van der Waals surface area contributed by atoms with Crippen LogP contribution in [0.1, 0.15) is 47.0 Å². The highest BCUT2D eigenvalue weighted by atomic mass is 32.2. The summed E-state index contributed by atoms with van der Waals surface area (Å²) in [5.74, 6) is -0.0906. The highest BCUT2D eigenvalue weighted by Gasteiger charge is 2.35. The number of benzene rings is 2. The maximum atomic E-state index is 13.7. The van der Waals surface area contributed by atoms with E-state index in [2.05, 4.69) is 30.5 Å². The molecule has 0 saturated carbocycles. The Morgan fingerprint density at radius 3 is 2.51 bits per heavy atom. The van der Waals surface area contributed by atoms with E-state index < -0.39 is 10.0 Å². The molecular formula is C28H32N2O3S2. The Kier molecular flexibility index (Phi) is 7.89. The lowest BCUT2D eigenvalue weighted by Crippen LogP contribution is -2.47. The molecule has 35 heavy (non-hydrogen) atoms. The number of amides is 1. The smallest absolute Gasteiger partial charge is 0.238 e. The van der Waals surface area contributed by atoms with Gasteiger partial charge in [-0.15, -0.1) is 11.3 Å². The summed E-state index contributed by atoms with van der Waals surface area (Å²) in [6.45, 7) is 6.65. The molecule has 1 atom stereocenters. The van der Waals surface area contributed by atoms with Gasteiger partial charge in [0, 0.05) is 23.4 Å². The Morgan fingerprint density at radius 2 is 1.80 bits per heavy atom. The fraction of sp³-hybridized carbons (Fsp3) is 0.321. The molecule has 1 amide bonds. The average Bonchev–Trinajstić information content (AvgIpc) is 3.32. The van der Waals surface area contributed by atoms with E-state index in [-0.39, 0.29) is 31.0 Å². The fourth-order valence-electron chi connectivity index (χ4n) is 4.54. The quantitative estimate of drug-likeness (QED) is 0.404. The Balaban J connectivity index is 1.63. The monoisotopic (exact) mass is 508 g/mol. The van der Waals surface area contributed by atoms with Crippen LogP contribution in [-0.4, -0.2) is 43.2 Å². The largest absolute Gasteiger partial charge is 0.330 e. The Labute approximate surface area is 212 Å². The first kappa shape index (κ1) is 25.4. The summed E-state index contributed by atoms with van der Waals surface area (Å²) < 4.78 is 27.9. The highest BCUT2D eigenvalue weighted by molar-refractivity contribution is 7.92. The van der Waals surface area contributed by atoms with Gasteiger partial charge in [-0.25, -0.2) is 8.42 Å². The van der Waals surface area contributed by atoms with Crippen LogP contribution in [0, 0.1) is 12.8 Å². The number of carbonyl (C=O) groups is 1. The molecule has 0 aliphatic carbocycles. The summed E-state index contributed by atoms with van der Waals surface area (Å²) in [7, 11) is -3.78. The van der Waals surface area contributed by atoms with Crippen molar-refractivity contribution in [3.63, 3.8) is 0 Å². The minimum Gasteiger partial charge on any atom is -0.330 e. The molecule has 5 nitrogen and oxygen atoms in total. The third-order valence-corrected chi connectivity index (χ3v) is 8.72. The molecular weight excluding hydrogens is 476 g/mol. The third kappa shape index (κ3) is 5.92. The first-order chi connectivity index (χ1) is 16.8. The van der Waals surface area contributed by atoms with Crippen molar-refractivity contribution in [3.05, 3.63) is 98.6 Å². The molecule has 0 N–H and O–H groups in total. The van der Waals surface area contributed by atoms with E-state index in [1.54, 1.807) is 17.4 Å². The van der Waals surface area contributed by atoms with Gasteiger partial charge in [-0.3, -0.25) is 4.79 Å². The summed E-state index contributed by atoms with van der Waals surface area (Å²) in [5.41, 5.74) is 4.15. The van der Waals surface area contributed by atoms with Crippen molar-refractivity contribution in [2.75, 3.05) is 19.6 Å². The molecule has 0 bridgehead atoms. The normalized spacial score (nSPS) is 16.3. The van der Waals surface area contributed by atoms with E-state index in [1.807, 2.05) is 61.2 Å². The molecule has 3 aromatic rings. The zero-order valence-corrected chi connectivity index (χ0v) is 22.1. The summed E-state index contributed by atoms with van der Waals surface area (Å²) in [4.78, 5) is 16.9. The average molecular weight is 509 g/mol. The van der Waals surface area contributed by atoms with Crippen LogP contribution in [0.5, 0.6) is 0 Å². The number of carbonyl (C=O) groups excluding carboxylic acids is 1. The third-order valence-electron chi connectivity index (χ3n) is 6.24. The van der Waals surface area contributed by atoms with Gasteiger partial charge < -0.3 is 4.90 Å². The second kappa shape index (κ2) is 10.9. The maximum Gasteiger partial charge on any atom is 0.238 e. The van der Waals surface area contributed by atoms with Gasteiger partial charge in [0.1, 0.15) is 0 Å². The SMILES string of the molecule is Cc1ccccc1C1c2ccsc2CCN1C(=O)CN(CC(C)C)S(=O)(=O)C=Cc1ccccc1. The van der Waals surface area contributed by atoms with Crippen LogP contribution >= 0.6 is 11.3 Å². The second-order valence-corrected chi connectivity index (χ2v) is 12.2. The van der Waals surface area contributed by atoms with Gasteiger partial charge in [0.2, 0.25) is 15.9 Å². The van der Waals surface area contributed by atoms with E-state index in [0.29, 0.717) is 6.54 Å². The van der Waals surface area contributed by atoms with E-state index in [4.69, 9.17) is 0 Å². The van der Waals surface area contributed by atoms with Crippen molar-refractivity contribution in [1.82, 2.24) is 9.21 Å². The Morgan fingerprint density at radius 1 is 1.09 bits per heavy atom. The Bertz CT molecular complexity index is 1300. The number of rotatable bonds is 8. The minimum atomic E-state index is -3.78. The maximum absolute atomic E-state index is 13.7. The molecule has 1 aliphatic rings. The topological polar surface area (TPSA) is 57.7 Å². The molecule has 1 aliphatic heterocycles. The molecule has 7 heteroatoms. The van der Waals surface area contributed by atoms with Gasteiger partial charge >= 0.3 is 0 Å². The summed E-state index contributed by atoms with van der Waals surface area (Å²) in [6.07, 6.45) is 2.37. The zero-order chi connectivity index (χ0) is 25.0. The predicted molar refractivity (Wildman–Crippen MR) is 144 cm³/mol. The van der Waals surface area contributed by atoms with Crippen LogP contribution in [0.15, 0.2) is 71.5 Å². The minimum absolute atomic E-state index is 0.0831. The van der Waals surface area contributed by atoms with Crippen molar-refractivity contribution < 1.29 is 13.2 Å². The molecule has 2 heterocycles. The predicted octanol–water partition coefficient (Wildman–Crippen LogP) is 5.49. The van der Waals surface area contributed by atoms with Crippen LogP contribution in [0.25, 0.3) is 6.08 Å². The molecule has 184 valence electrons. The number of thiophene rings is 1. The number of sulfonamides is 1. The van der Waals surface area contributed by atoms with Crippen molar-refractivity contribution in [2.45, 2.75) is 33.2 Å². The van der Waals surface area contributed by atoms with Crippen LogP contribution in [0.3, 0.4) is 0 Å². The van der Waals surface area contributed by atoms with E-state index in [1.165, 1.54) is 14.6 Å². The number of hydrogen-bond donors (Lipinski definition) is 0. The first-order valence-electron chi connectivity index (χ1n) is 11.9. The number of hydrogen-bond acceptors (Lipinski definition) is 4. The summed E-state index contributed by atoms with van der Waals surface area (Å²) in [5, 5.41) is 3.29. The van der Waals surface area contributed by atoms with Crippen LogP contribution < -0.4 is 0 Å². The molecule has 1 aromatic heterocycles. The fourth-order valence-corrected chi connectivity index (χ4v) is 6.74. The molecule has 1 unspecified atom stereocenters. The number of aryl methyl sites for hydroxylation is 1. The van der Waals surface area contributed by atoms with Crippen molar-refractivity contribution in [1.29, 1.82) is 0 Å². The van der Waals surface area contributed by atoms with Gasteiger partial charge in [0.15, 0.2) is 0 Å². The van der Waals surface area contributed by atoms with E-state index in [9.17, 15) is 13.2 Å². The lowest BCUT2D eigenvalue weighted by molar-refractivity contribution is -0.133. The molecule has 0 radical (unpaired) electrons. The molecule has 2 aromatic carbocycles. The standard InChI is InChI=1S/C28H32N2O3S2/c1-21(2)19-29(35(32,33)18-15-23-10-5-4-6-11-23)20-27(31)30-16-13-26-25(14-17-34-26)28(30)24-12-8-7-9-22(24)3/h4-12,14-15,17-18,21,28H,13,16,19-20H2,1-3H3. The van der Waals surface area contributed by atoms with Gasteiger partial charge in [-0.1, -0.05) is 68.4 Å².